The lowest BCUT2D eigenvalue weighted by Gasteiger charge is -2.38. The Bertz CT molecular complexity index is 1090. The van der Waals surface area contributed by atoms with Crippen LogP contribution >= 0.6 is 11.6 Å². The van der Waals surface area contributed by atoms with Gasteiger partial charge in [0.05, 0.1) is 12.1 Å². The normalized spacial score (nSPS) is 23.5. The number of nitrogens with zero attached hydrogens (tertiary/aromatic N) is 5. The molecule has 11 heteroatoms. The van der Waals surface area contributed by atoms with E-state index >= 15 is 0 Å². The van der Waals surface area contributed by atoms with Gasteiger partial charge in [-0.15, -0.1) is 0 Å². The first-order valence-electron chi connectivity index (χ1n) is 11.9. The van der Waals surface area contributed by atoms with Gasteiger partial charge in [0.25, 0.3) is 5.91 Å². The van der Waals surface area contributed by atoms with Crippen molar-refractivity contribution in [1.82, 2.24) is 19.8 Å². The fraction of sp³-hybridized carbons (Fsp3) is 0.542. The fourth-order valence-corrected chi connectivity index (χ4v) is 5.42. The third-order valence-corrected chi connectivity index (χ3v) is 7.39. The van der Waals surface area contributed by atoms with E-state index in [-0.39, 0.29) is 18.5 Å². The second kappa shape index (κ2) is 9.55. The first kappa shape index (κ1) is 24.3. The van der Waals surface area contributed by atoms with Crippen LogP contribution in [0.15, 0.2) is 24.3 Å². The van der Waals surface area contributed by atoms with Gasteiger partial charge in [0.15, 0.2) is 0 Å². The quantitative estimate of drug-likeness (QED) is 0.686. The summed E-state index contributed by atoms with van der Waals surface area (Å²) >= 11 is 5.91. The summed E-state index contributed by atoms with van der Waals surface area (Å²) in [7, 11) is 0. The van der Waals surface area contributed by atoms with E-state index in [9.17, 15) is 23.1 Å². The van der Waals surface area contributed by atoms with Crippen LogP contribution in [0.1, 0.15) is 40.3 Å². The average molecular weight is 510 g/mol. The van der Waals surface area contributed by atoms with Crippen LogP contribution in [-0.4, -0.2) is 82.2 Å². The minimum absolute atomic E-state index is 0.0674. The lowest BCUT2D eigenvalue weighted by molar-refractivity contribution is -0.145. The minimum Gasteiger partial charge on any atom is -0.390 e. The number of halogens is 4. The smallest absolute Gasteiger partial charge is 0.390 e. The number of hydrogen-bond acceptors (Lipinski definition) is 6. The summed E-state index contributed by atoms with van der Waals surface area (Å²) < 4.78 is 40.4. The molecular weight excluding hydrogens is 483 g/mol. The van der Waals surface area contributed by atoms with E-state index in [4.69, 9.17) is 11.6 Å². The van der Waals surface area contributed by atoms with Crippen LogP contribution < -0.4 is 4.90 Å². The zero-order valence-corrected chi connectivity index (χ0v) is 19.9. The minimum atomic E-state index is -4.62. The number of β-amino-alcohol motifs (C(OH)–C–C–N with tert-alkyl or cyclic N) is 1. The maximum absolute atomic E-state index is 13.5. The lowest BCUT2D eigenvalue weighted by Crippen LogP contribution is -2.54. The zero-order valence-electron chi connectivity index (χ0n) is 19.1. The van der Waals surface area contributed by atoms with E-state index in [1.165, 1.54) is 0 Å². The number of carbonyl (C=O) groups excluding carboxylic acids is 1. The highest BCUT2D eigenvalue weighted by Gasteiger charge is 2.41. The Morgan fingerprint density at radius 1 is 1.00 bits per heavy atom. The molecule has 3 aliphatic rings. The van der Waals surface area contributed by atoms with Gasteiger partial charge < -0.3 is 14.9 Å². The van der Waals surface area contributed by atoms with E-state index in [2.05, 4.69) is 14.9 Å². The van der Waals surface area contributed by atoms with Crippen molar-refractivity contribution in [2.75, 3.05) is 44.2 Å². The SMILES string of the molecule is O=C(c1ccc(Cl)cc1)N1CCN(C2CN(c3nc(C(F)(F)F)nc4c3CCCC4)CC2O)CC1. The molecule has 1 aromatic carbocycles. The van der Waals surface area contributed by atoms with Crippen LogP contribution in [0.5, 0.6) is 0 Å². The number of carbonyl (C=O) groups is 1. The number of aliphatic hydroxyl groups is 1. The molecule has 188 valence electrons. The van der Waals surface area contributed by atoms with Crippen LogP contribution in [-0.2, 0) is 19.0 Å². The number of aliphatic hydroxyl groups excluding tert-OH is 1. The molecule has 0 saturated carbocycles. The Labute approximate surface area is 206 Å². The van der Waals surface area contributed by atoms with Crippen molar-refractivity contribution < 1.29 is 23.1 Å². The highest BCUT2D eigenvalue weighted by Crippen LogP contribution is 2.35. The number of piperazine rings is 1. The molecule has 1 N–H and O–H groups in total. The number of rotatable bonds is 3. The van der Waals surface area contributed by atoms with Crippen molar-refractivity contribution in [3.8, 4) is 0 Å². The van der Waals surface area contributed by atoms with E-state index in [0.717, 1.165) is 18.4 Å². The molecule has 2 aliphatic heterocycles. The monoisotopic (exact) mass is 509 g/mol. The summed E-state index contributed by atoms with van der Waals surface area (Å²) in [6.07, 6.45) is -2.49. The summed E-state index contributed by atoms with van der Waals surface area (Å²) in [4.78, 5) is 26.2. The summed E-state index contributed by atoms with van der Waals surface area (Å²) in [6, 6.07) is 6.53. The topological polar surface area (TPSA) is 72.8 Å². The van der Waals surface area contributed by atoms with E-state index in [1.54, 1.807) is 34.1 Å². The van der Waals surface area contributed by atoms with Gasteiger partial charge in [0.2, 0.25) is 5.82 Å². The molecular formula is C24H27ClF3N5O2. The molecule has 5 rings (SSSR count). The van der Waals surface area contributed by atoms with Gasteiger partial charge in [-0.25, -0.2) is 9.97 Å². The molecule has 2 saturated heterocycles. The predicted octanol–water partition coefficient (Wildman–Crippen LogP) is 3.04. The standard InChI is InChI=1S/C24H27ClF3N5O2/c25-16-7-5-15(6-8-16)22(35)32-11-9-31(10-12-32)19-13-33(14-20(19)34)21-17-3-1-2-4-18(17)29-23(30-21)24(26,27)28/h5-8,19-20,34H,1-4,9-14H2. The van der Waals surface area contributed by atoms with Gasteiger partial charge in [-0.1, -0.05) is 11.6 Å². The Kier molecular flexibility index (Phi) is 6.63. The molecule has 35 heavy (non-hydrogen) atoms. The van der Waals surface area contributed by atoms with E-state index < -0.39 is 18.1 Å². The number of aromatic nitrogens is 2. The number of aryl methyl sites for hydroxylation is 1. The Morgan fingerprint density at radius 2 is 1.69 bits per heavy atom. The summed E-state index contributed by atoms with van der Waals surface area (Å²) in [5, 5.41) is 11.4. The van der Waals surface area contributed by atoms with Crippen LogP contribution in [0.2, 0.25) is 5.02 Å². The number of amides is 1. The van der Waals surface area contributed by atoms with Crippen molar-refractivity contribution in [2.24, 2.45) is 0 Å². The van der Waals surface area contributed by atoms with Crippen molar-refractivity contribution in [2.45, 2.75) is 44.0 Å². The highest BCUT2D eigenvalue weighted by atomic mass is 35.5. The van der Waals surface area contributed by atoms with Crippen molar-refractivity contribution in [1.29, 1.82) is 0 Å². The predicted molar refractivity (Wildman–Crippen MR) is 125 cm³/mol. The molecule has 1 aromatic heterocycles. The van der Waals surface area contributed by atoms with Gasteiger partial charge in [0, 0.05) is 61.1 Å². The molecule has 1 amide bonds. The molecule has 0 bridgehead atoms. The van der Waals surface area contributed by atoms with Crippen molar-refractivity contribution in [3.05, 3.63) is 51.9 Å². The van der Waals surface area contributed by atoms with Crippen LogP contribution in [0.25, 0.3) is 0 Å². The third-order valence-electron chi connectivity index (χ3n) is 7.14. The number of fused-ring (bicyclic) bond motifs is 1. The molecule has 0 radical (unpaired) electrons. The molecule has 1 aliphatic carbocycles. The second-order valence-corrected chi connectivity index (χ2v) is 9.81. The lowest BCUT2D eigenvalue weighted by atomic mass is 9.96. The summed E-state index contributed by atoms with van der Waals surface area (Å²) in [6.45, 7) is 2.76. The van der Waals surface area contributed by atoms with Gasteiger partial charge in [-0.2, -0.15) is 13.2 Å². The molecule has 2 aromatic rings. The number of anilines is 1. The van der Waals surface area contributed by atoms with Crippen LogP contribution in [0.4, 0.5) is 19.0 Å². The molecule has 7 nitrogen and oxygen atoms in total. The van der Waals surface area contributed by atoms with Crippen molar-refractivity contribution in [3.63, 3.8) is 0 Å². The maximum Gasteiger partial charge on any atom is 0.451 e. The molecule has 3 heterocycles. The number of benzene rings is 1. The first-order valence-corrected chi connectivity index (χ1v) is 12.3. The van der Waals surface area contributed by atoms with Crippen LogP contribution in [0.3, 0.4) is 0 Å². The van der Waals surface area contributed by atoms with E-state index in [0.29, 0.717) is 67.7 Å². The Morgan fingerprint density at radius 3 is 2.37 bits per heavy atom. The maximum atomic E-state index is 13.5. The van der Waals surface area contributed by atoms with Gasteiger partial charge in [0.1, 0.15) is 5.82 Å². The molecule has 2 fully saturated rings. The summed E-state index contributed by atoms with van der Waals surface area (Å²) in [5.74, 6) is -0.872. The number of hydrogen-bond donors (Lipinski definition) is 1. The Hall–Kier alpha value is -2.43. The summed E-state index contributed by atoms with van der Waals surface area (Å²) in [5.41, 5.74) is 1.82. The van der Waals surface area contributed by atoms with Gasteiger partial charge in [-0.05, 0) is 49.9 Å². The van der Waals surface area contributed by atoms with Gasteiger partial charge in [-0.3, -0.25) is 9.69 Å². The first-order chi connectivity index (χ1) is 16.7. The zero-order chi connectivity index (χ0) is 24.7. The fourth-order valence-electron chi connectivity index (χ4n) is 5.30. The van der Waals surface area contributed by atoms with Crippen molar-refractivity contribution >= 4 is 23.3 Å². The van der Waals surface area contributed by atoms with Crippen LogP contribution in [0, 0.1) is 0 Å². The third kappa shape index (κ3) is 4.96. The molecule has 2 unspecified atom stereocenters. The highest BCUT2D eigenvalue weighted by molar-refractivity contribution is 6.30. The van der Waals surface area contributed by atoms with Gasteiger partial charge >= 0.3 is 6.18 Å². The molecule has 2 atom stereocenters. The van der Waals surface area contributed by atoms with E-state index in [1.807, 2.05) is 0 Å². The second-order valence-electron chi connectivity index (χ2n) is 9.38. The molecule has 0 spiro atoms. The Balaban J connectivity index is 1.28. The largest absolute Gasteiger partial charge is 0.451 e. The average Bonchev–Trinajstić information content (AvgIpc) is 3.24. The number of alkyl halides is 3.